The van der Waals surface area contributed by atoms with Gasteiger partial charge < -0.3 is 24.2 Å². The lowest BCUT2D eigenvalue weighted by Crippen LogP contribution is -2.30. The van der Waals surface area contributed by atoms with Crippen molar-refractivity contribution in [2.45, 2.75) is 277 Å². The minimum atomic E-state index is -4.75. The lowest BCUT2D eigenvalue weighted by molar-refractivity contribution is -0.161. The third kappa shape index (κ3) is 52.1. The number of phosphoric acid groups is 1. The summed E-state index contributed by atoms with van der Waals surface area (Å²) in [5, 5.41) is 9.79. The van der Waals surface area contributed by atoms with Crippen LogP contribution in [0.4, 0.5) is 0 Å². The number of carbonyl (C=O) groups is 3. The molecule has 0 aliphatic heterocycles. The molecule has 0 heterocycles. The zero-order valence-corrected chi connectivity index (χ0v) is 47.0. The summed E-state index contributed by atoms with van der Waals surface area (Å²) in [7, 11) is -4.75. The Hall–Kier alpha value is -2.82. The Morgan fingerprint density at radius 3 is 1.08 bits per heavy atom. The molecule has 0 radical (unpaired) electrons. The Morgan fingerprint density at radius 2 is 0.694 bits per heavy atom. The largest absolute Gasteiger partial charge is 0.472 e. The molecule has 0 aromatic carbocycles. The summed E-state index contributed by atoms with van der Waals surface area (Å²) in [5.41, 5.74) is 0. The number of unbranched alkanes of at least 4 members (excludes halogenated alkanes) is 27. The van der Waals surface area contributed by atoms with Crippen LogP contribution >= 0.6 is 7.82 Å². The SMILES string of the molecule is CCCC/C=C\CCCCCCCC(=O)OC(CO)COP(=O)(O)OCC(COC(=O)CCCCCCCCCCC/C=C\C/C=C\CCCCC)OC(=O)CCCCCCC/C=C\C/C=C\CCCCC. The first-order valence-corrected chi connectivity index (χ1v) is 30.7. The number of ether oxygens (including phenoxy) is 3. The molecule has 3 atom stereocenters. The molecular weight excluding hydrogens is 928 g/mol. The van der Waals surface area contributed by atoms with E-state index in [0.29, 0.717) is 19.3 Å². The molecule has 0 saturated heterocycles. The van der Waals surface area contributed by atoms with Crippen molar-refractivity contribution in [3.05, 3.63) is 60.8 Å². The van der Waals surface area contributed by atoms with Crippen molar-refractivity contribution in [2.75, 3.05) is 26.4 Å². The van der Waals surface area contributed by atoms with Crippen LogP contribution in [0.2, 0.25) is 0 Å². The maximum atomic E-state index is 12.9. The van der Waals surface area contributed by atoms with Gasteiger partial charge in [-0.2, -0.15) is 0 Å². The molecule has 12 heteroatoms. The van der Waals surface area contributed by atoms with Crippen molar-refractivity contribution in [2.24, 2.45) is 0 Å². The van der Waals surface area contributed by atoms with Crippen LogP contribution in [0.1, 0.15) is 265 Å². The van der Waals surface area contributed by atoms with Crippen molar-refractivity contribution >= 4 is 25.7 Å². The Kier molecular flexibility index (Phi) is 52.3. The fourth-order valence-electron chi connectivity index (χ4n) is 7.87. The zero-order valence-electron chi connectivity index (χ0n) is 46.1. The van der Waals surface area contributed by atoms with E-state index in [1.165, 1.54) is 89.9 Å². The number of hydrogen-bond acceptors (Lipinski definition) is 10. The van der Waals surface area contributed by atoms with Gasteiger partial charge in [-0.25, -0.2) is 4.57 Å². The van der Waals surface area contributed by atoms with Crippen LogP contribution in [0, 0.1) is 0 Å². The van der Waals surface area contributed by atoms with E-state index >= 15 is 0 Å². The summed E-state index contributed by atoms with van der Waals surface area (Å²) in [6, 6.07) is 0. The molecule has 0 saturated carbocycles. The molecule has 0 rings (SSSR count). The molecule has 0 aliphatic rings. The molecule has 3 unspecified atom stereocenters. The second-order valence-electron chi connectivity index (χ2n) is 19.4. The van der Waals surface area contributed by atoms with Crippen LogP contribution in [0.25, 0.3) is 0 Å². The maximum absolute atomic E-state index is 12.9. The summed E-state index contributed by atoms with van der Waals surface area (Å²) in [5.74, 6) is -1.49. The third-order valence-electron chi connectivity index (χ3n) is 12.4. The summed E-state index contributed by atoms with van der Waals surface area (Å²) in [6.07, 6.45) is 58.9. The Bertz CT molecular complexity index is 1440. The summed E-state index contributed by atoms with van der Waals surface area (Å²) < 4.78 is 39.5. The van der Waals surface area contributed by atoms with Gasteiger partial charge in [0.1, 0.15) is 12.7 Å². The smallest absolute Gasteiger partial charge is 0.462 e. The van der Waals surface area contributed by atoms with E-state index in [4.69, 9.17) is 23.3 Å². The van der Waals surface area contributed by atoms with E-state index in [0.717, 1.165) is 116 Å². The normalized spacial score (nSPS) is 13.8. The number of carbonyl (C=O) groups excluding carboxylic acids is 3. The van der Waals surface area contributed by atoms with Crippen LogP contribution in [0.3, 0.4) is 0 Å². The lowest BCUT2D eigenvalue weighted by atomic mass is 10.1. The molecule has 0 amide bonds. The minimum Gasteiger partial charge on any atom is -0.462 e. The van der Waals surface area contributed by atoms with E-state index in [-0.39, 0.29) is 25.9 Å². The highest BCUT2D eigenvalue weighted by Gasteiger charge is 2.28. The van der Waals surface area contributed by atoms with Gasteiger partial charge in [-0.1, -0.05) is 204 Å². The average Bonchev–Trinajstić information content (AvgIpc) is 3.37. The Morgan fingerprint density at radius 1 is 0.389 bits per heavy atom. The number of phosphoric ester groups is 1. The van der Waals surface area contributed by atoms with Crippen LogP contribution in [-0.2, 0) is 42.2 Å². The maximum Gasteiger partial charge on any atom is 0.472 e. The van der Waals surface area contributed by atoms with E-state index in [9.17, 15) is 28.9 Å². The van der Waals surface area contributed by atoms with Gasteiger partial charge in [0.25, 0.3) is 0 Å². The third-order valence-corrected chi connectivity index (χ3v) is 13.3. The van der Waals surface area contributed by atoms with E-state index in [1.54, 1.807) is 0 Å². The van der Waals surface area contributed by atoms with Gasteiger partial charge in [0.15, 0.2) is 6.10 Å². The van der Waals surface area contributed by atoms with E-state index < -0.39 is 57.8 Å². The predicted molar refractivity (Wildman–Crippen MR) is 298 cm³/mol. The Balaban J connectivity index is 4.73. The first kappa shape index (κ1) is 69.2. The second kappa shape index (κ2) is 54.4. The van der Waals surface area contributed by atoms with Gasteiger partial charge in [0.05, 0.1) is 19.8 Å². The standard InChI is InChI=1S/C60H107O11P/c1-4-7-10-13-16-19-22-24-26-27-28-29-31-32-35-37-40-43-46-49-58(62)67-53-57(71-60(64)51-48-45-42-39-36-33-30-25-23-20-17-14-11-8-5-2)55-69-72(65,66)68-54-56(52-61)70-59(63)50-47-44-41-38-34-21-18-15-12-9-6-3/h15-20,24-26,30,56-57,61H,4-14,21-23,27-29,31-55H2,1-3H3,(H,65,66)/b18-15-,19-16-,20-17-,26-24-,30-25-. The Labute approximate surface area is 440 Å². The van der Waals surface area contributed by atoms with Gasteiger partial charge >= 0.3 is 25.7 Å². The average molecular weight is 1040 g/mol. The summed E-state index contributed by atoms with van der Waals surface area (Å²) >= 11 is 0. The highest BCUT2D eigenvalue weighted by atomic mass is 31.2. The van der Waals surface area contributed by atoms with Gasteiger partial charge in [0.2, 0.25) is 0 Å². The fraction of sp³-hybridized carbons (Fsp3) is 0.783. The van der Waals surface area contributed by atoms with Gasteiger partial charge in [-0.05, 0) is 103 Å². The molecule has 0 aliphatic carbocycles. The van der Waals surface area contributed by atoms with Crippen LogP contribution in [-0.4, -0.2) is 66.5 Å². The molecule has 0 fully saturated rings. The molecule has 0 spiro atoms. The van der Waals surface area contributed by atoms with Gasteiger partial charge in [-0.15, -0.1) is 0 Å². The molecule has 11 nitrogen and oxygen atoms in total. The summed E-state index contributed by atoms with van der Waals surface area (Å²) in [4.78, 5) is 48.5. The van der Waals surface area contributed by atoms with Crippen molar-refractivity contribution < 1.29 is 52.2 Å². The van der Waals surface area contributed by atoms with Gasteiger partial charge in [0, 0.05) is 19.3 Å². The van der Waals surface area contributed by atoms with Crippen LogP contribution in [0.5, 0.6) is 0 Å². The monoisotopic (exact) mass is 1030 g/mol. The molecule has 0 bridgehead atoms. The molecule has 418 valence electrons. The molecule has 0 aromatic heterocycles. The molecule has 2 N–H and O–H groups in total. The second-order valence-corrected chi connectivity index (χ2v) is 20.9. The van der Waals surface area contributed by atoms with Crippen molar-refractivity contribution in [3.63, 3.8) is 0 Å². The van der Waals surface area contributed by atoms with Crippen LogP contribution < -0.4 is 0 Å². The lowest BCUT2D eigenvalue weighted by Gasteiger charge is -2.21. The fourth-order valence-corrected chi connectivity index (χ4v) is 8.65. The van der Waals surface area contributed by atoms with E-state index in [2.05, 4.69) is 81.5 Å². The minimum absolute atomic E-state index is 0.150. The number of esters is 3. The van der Waals surface area contributed by atoms with Crippen molar-refractivity contribution in [3.8, 4) is 0 Å². The topological polar surface area (TPSA) is 155 Å². The zero-order chi connectivity index (χ0) is 52.7. The number of aliphatic hydroxyl groups excluding tert-OH is 1. The van der Waals surface area contributed by atoms with Crippen LogP contribution in [0.15, 0.2) is 60.8 Å². The molecular formula is C60H107O11P. The molecule has 72 heavy (non-hydrogen) atoms. The summed E-state index contributed by atoms with van der Waals surface area (Å²) in [6.45, 7) is 4.54. The number of hydrogen-bond donors (Lipinski definition) is 2. The van der Waals surface area contributed by atoms with Crippen molar-refractivity contribution in [1.82, 2.24) is 0 Å². The number of allylic oxidation sites excluding steroid dienone is 10. The van der Waals surface area contributed by atoms with E-state index in [1.807, 2.05) is 0 Å². The number of aliphatic hydroxyl groups is 1. The first-order chi connectivity index (χ1) is 35.2. The van der Waals surface area contributed by atoms with Crippen molar-refractivity contribution in [1.29, 1.82) is 0 Å². The first-order valence-electron chi connectivity index (χ1n) is 29.2. The molecule has 0 aromatic rings. The quantitative estimate of drug-likeness (QED) is 0.0197. The highest BCUT2D eigenvalue weighted by molar-refractivity contribution is 7.47. The number of rotatable bonds is 54. The predicted octanol–water partition coefficient (Wildman–Crippen LogP) is 17.1. The van der Waals surface area contributed by atoms with Gasteiger partial charge in [-0.3, -0.25) is 23.4 Å². The highest BCUT2D eigenvalue weighted by Crippen LogP contribution is 2.43.